The molecule has 0 aromatic carbocycles. The van der Waals surface area contributed by atoms with Gasteiger partial charge in [0.25, 0.3) is 0 Å². The molecule has 3 aromatic rings. The van der Waals surface area contributed by atoms with Gasteiger partial charge in [-0.05, 0) is 31.2 Å². The molecule has 0 spiro atoms. The average molecular weight is 298 g/mol. The monoisotopic (exact) mass is 298 g/mol. The van der Waals surface area contributed by atoms with Crippen molar-refractivity contribution in [1.82, 2.24) is 9.66 Å². The molecule has 21 heavy (non-hydrogen) atoms. The van der Waals surface area contributed by atoms with Crippen molar-refractivity contribution in [2.24, 2.45) is 10.1 Å². The molecule has 0 amide bonds. The van der Waals surface area contributed by atoms with Crippen LogP contribution >= 0.6 is 11.3 Å². The molecular formula is C15H14N4OS. The Morgan fingerprint density at radius 1 is 1.33 bits per heavy atom. The first-order chi connectivity index (χ1) is 10.4. The Bertz CT molecular complexity index is 785. The summed E-state index contributed by atoms with van der Waals surface area (Å²) in [6, 6.07) is 9.47. The predicted molar refractivity (Wildman–Crippen MR) is 83.3 cm³/mol. The van der Waals surface area contributed by atoms with E-state index < -0.39 is 0 Å². The number of pyridine rings is 1. The number of aromatic nitrogens is 2. The molecule has 5 nitrogen and oxygen atoms in total. The van der Waals surface area contributed by atoms with E-state index in [4.69, 9.17) is 4.42 Å². The van der Waals surface area contributed by atoms with Gasteiger partial charge < -0.3 is 4.42 Å². The quantitative estimate of drug-likeness (QED) is 0.695. The van der Waals surface area contributed by atoms with Crippen molar-refractivity contribution in [3.05, 3.63) is 58.7 Å². The summed E-state index contributed by atoms with van der Waals surface area (Å²) < 4.78 is 7.24. The molecule has 0 saturated carbocycles. The highest BCUT2D eigenvalue weighted by Crippen LogP contribution is 2.20. The van der Waals surface area contributed by atoms with E-state index in [1.807, 2.05) is 42.6 Å². The van der Waals surface area contributed by atoms with Gasteiger partial charge in [0, 0.05) is 18.1 Å². The molecule has 0 aliphatic carbocycles. The molecule has 6 heteroatoms. The summed E-state index contributed by atoms with van der Waals surface area (Å²) in [5.74, 6) is 0.766. The van der Waals surface area contributed by atoms with Crippen molar-refractivity contribution >= 4 is 17.6 Å². The third-order valence-corrected chi connectivity index (χ3v) is 3.60. The van der Waals surface area contributed by atoms with Crippen molar-refractivity contribution in [2.75, 3.05) is 6.54 Å². The fourth-order valence-corrected chi connectivity index (χ4v) is 2.70. The second-order valence-corrected chi connectivity index (χ2v) is 5.00. The summed E-state index contributed by atoms with van der Waals surface area (Å²) in [5, 5.41) is 6.49. The highest BCUT2D eigenvalue weighted by Gasteiger charge is 2.09. The number of nitrogens with zero attached hydrogens (tertiary/aromatic N) is 4. The van der Waals surface area contributed by atoms with Crippen LogP contribution in [0.25, 0.3) is 11.5 Å². The van der Waals surface area contributed by atoms with Gasteiger partial charge in [0.05, 0.1) is 18.2 Å². The van der Waals surface area contributed by atoms with Crippen LogP contribution < -0.4 is 4.80 Å². The molecule has 0 fully saturated rings. The maximum atomic E-state index is 5.46. The zero-order valence-electron chi connectivity index (χ0n) is 11.5. The van der Waals surface area contributed by atoms with Crippen LogP contribution in [0.5, 0.6) is 0 Å². The second-order valence-electron chi connectivity index (χ2n) is 4.17. The molecule has 3 aromatic heterocycles. The van der Waals surface area contributed by atoms with Crippen LogP contribution in [0.1, 0.15) is 12.6 Å². The van der Waals surface area contributed by atoms with E-state index in [-0.39, 0.29) is 0 Å². The van der Waals surface area contributed by atoms with Crippen molar-refractivity contribution in [3.63, 3.8) is 0 Å². The number of furan rings is 1. The molecule has 0 radical (unpaired) electrons. The lowest BCUT2D eigenvalue weighted by Gasteiger charge is -1.99. The smallest absolute Gasteiger partial charge is 0.206 e. The van der Waals surface area contributed by atoms with Crippen LogP contribution in [0.15, 0.2) is 62.7 Å². The topological polar surface area (TPSA) is 55.7 Å². The van der Waals surface area contributed by atoms with Gasteiger partial charge in [-0.1, -0.05) is 6.07 Å². The lowest BCUT2D eigenvalue weighted by molar-refractivity contribution is 0.575. The van der Waals surface area contributed by atoms with Gasteiger partial charge in [-0.3, -0.25) is 9.98 Å². The summed E-state index contributed by atoms with van der Waals surface area (Å²) in [7, 11) is 0. The van der Waals surface area contributed by atoms with E-state index in [1.165, 1.54) is 11.3 Å². The first kappa shape index (κ1) is 13.5. The summed E-state index contributed by atoms with van der Waals surface area (Å²) >= 11 is 1.54. The number of rotatable bonds is 4. The van der Waals surface area contributed by atoms with E-state index in [0.717, 1.165) is 21.9 Å². The third-order valence-electron chi connectivity index (χ3n) is 2.75. The van der Waals surface area contributed by atoms with E-state index >= 15 is 0 Å². The van der Waals surface area contributed by atoms with Gasteiger partial charge in [-0.15, -0.1) is 11.3 Å². The Morgan fingerprint density at radius 2 is 2.29 bits per heavy atom. The first-order valence-corrected chi connectivity index (χ1v) is 7.46. The predicted octanol–water partition coefficient (Wildman–Crippen LogP) is 3.01. The minimum Gasteiger partial charge on any atom is -0.463 e. The molecule has 0 saturated heterocycles. The summed E-state index contributed by atoms with van der Waals surface area (Å²) in [4.78, 5) is 9.52. The van der Waals surface area contributed by atoms with Gasteiger partial charge in [0.2, 0.25) is 4.80 Å². The molecule has 3 heterocycles. The van der Waals surface area contributed by atoms with E-state index in [1.54, 1.807) is 23.4 Å². The van der Waals surface area contributed by atoms with Crippen LogP contribution in [-0.2, 0) is 0 Å². The minimum absolute atomic E-state index is 0.706. The lowest BCUT2D eigenvalue weighted by atomic mass is 10.4. The number of hydrogen-bond acceptors (Lipinski definition) is 5. The first-order valence-electron chi connectivity index (χ1n) is 6.59. The molecule has 0 N–H and O–H groups in total. The van der Waals surface area contributed by atoms with E-state index in [9.17, 15) is 0 Å². The summed E-state index contributed by atoms with van der Waals surface area (Å²) in [6.07, 6.45) is 5.11. The van der Waals surface area contributed by atoms with Crippen LogP contribution in [0.3, 0.4) is 0 Å². The standard InChI is InChI=1S/C15H14N4OS/c1-2-16-15-19(18-10-12-6-3-4-8-17-12)13(11-21-15)14-7-5-9-20-14/h3-11H,2H2,1H3. The normalized spacial score (nSPS) is 12.3. The van der Waals surface area contributed by atoms with Gasteiger partial charge in [-0.2, -0.15) is 5.10 Å². The molecular weight excluding hydrogens is 284 g/mol. The van der Waals surface area contributed by atoms with E-state index in [2.05, 4.69) is 15.1 Å². The molecule has 0 unspecified atom stereocenters. The molecule has 0 aliphatic heterocycles. The van der Waals surface area contributed by atoms with Gasteiger partial charge >= 0.3 is 0 Å². The van der Waals surface area contributed by atoms with Crippen molar-refractivity contribution < 1.29 is 4.42 Å². The van der Waals surface area contributed by atoms with Crippen LogP contribution in [0.2, 0.25) is 0 Å². The summed E-state index contributed by atoms with van der Waals surface area (Å²) in [6.45, 7) is 2.70. The maximum Gasteiger partial charge on any atom is 0.206 e. The zero-order valence-corrected chi connectivity index (χ0v) is 12.3. The molecule has 0 bridgehead atoms. The minimum atomic E-state index is 0.706. The third kappa shape index (κ3) is 3.00. The molecule has 106 valence electrons. The number of hydrogen-bond donors (Lipinski definition) is 0. The van der Waals surface area contributed by atoms with Crippen molar-refractivity contribution in [1.29, 1.82) is 0 Å². The fraction of sp³-hybridized carbons (Fsp3) is 0.133. The lowest BCUT2D eigenvalue weighted by Crippen LogP contribution is -2.12. The van der Waals surface area contributed by atoms with Crippen LogP contribution in [0, 0.1) is 0 Å². The SMILES string of the molecule is CCN=c1scc(-c2ccco2)n1N=Cc1ccccn1. The van der Waals surface area contributed by atoms with Gasteiger partial charge in [0.1, 0.15) is 5.69 Å². The Hall–Kier alpha value is -2.47. The van der Waals surface area contributed by atoms with Crippen molar-refractivity contribution in [3.8, 4) is 11.5 Å². The Morgan fingerprint density at radius 3 is 3.00 bits per heavy atom. The van der Waals surface area contributed by atoms with Crippen molar-refractivity contribution in [2.45, 2.75) is 6.92 Å². The summed E-state index contributed by atoms with van der Waals surface area (Å²) in [5.41, 5.74) is 1.67. The molecule has 3 rings (SSSR count). The Labute approximate surface area is 125 Å². The average Bonchev–Trinajstić information content (AvgIpc) is 3.16. The Kier molecular flexibility index (Phi) is 4.07. The Balaban J connectivity index is 2.05. The van der Waals surface area contributed by atoms with Gasteiger partial charge in [-0.25, -0.2) is 4.68 Å². The van der Waals surface area contributed by atoms with E-state index in [0.29, 0.717) is 6.54 Å². The fourth-order valence-electron chi connectivity index (χ4n) is 1.82. The highest BCUT2D eigenvalue weighted by molar-refractivity contribution is 7.07. The second kappa shape index (κ2) is 6.32. The van der Waals surface area contributed by atoms with Crippen LogP contribution in [-0.4, -0.2) is 22.4 Å². The zero-order chi connectivity index (χ0) is 14.5. The largest absolute Gasteiger partial charge is 0.463 e. The van der Waals surface area contributed by atoms with Crippen LogP contribution in [0.4, 0.5) is 0 Å². The number of thiazole rings is 1. The molecule has 0 atom stereocenters. The highest BCUT2D eigenvalue weighted by atomic mass is 32.1. The maximum absolute atomic E-state index is 5.46. The molecule has 0 aliphatic rings. The van der Waals surface area contributed by atoms with Gasteiger partial charge in [0.15, 0.2) is 5.76 Å².